The van der Waals surface area contributed by atoms with Crippen LogP contribution >= 0.6 is 27.7 Å². The number of hydrogen-bond donors (Lipinski definition) is 1. The lowest BCUT2D eigenvalue weighted by molar-refractivity contribution is -0.117. The second kappa shape index (κ2) is 5.92. The Hall–Kier alpha value is -1.41. The van der Waals surface area contributed by atoms with Crippen molar-refractivity contribution < 1.29 is 19.5 Å². The Kier molecular flexibility index (Phi) is 4.44. The van der Waals surface area contributed by atoms with Crippen LogP contribution in [0.5, 0.6) is 0 Å². The van der Waals surface area contributed by atoms with Gasteiger partial charge in [0.15, 0.2) is 5.12 Å². The predicted molar refractivity (Wildman–Crippen MR) is 77.9 cm³/mol. The number of aromatic carboxylic acids is 1. The van der Waals surface area contributed by atoms with Crippen LogP contribution < -0.4 is 4.90 Å². The molecule has 1 aliphatic heterocycles. The molecule has 1 fully saturated rings. The summed E-state index contributed by atoms with van der Waals surface area (Å²) in [5.74, 6) is -0.959. The smallest absolute Gasteiger partial charge is 0.337 e. The summed E-state index contributed by atoms with van der Waals surface area (Å²) in [5, 5.41) is 8.91. The minimum Gasteiger partial charge on any atom is -0.478 e. The fourth-order valence-electron chi connectivity index (χ4n) is 1.95. The molecule has 1 aliphatic rings. The van der Waals surface area contributed by atoms with Crippen molar-refractivity contribution in [2.75, 3.05) is 11.4 Å². The molecule has 2 heterocycles. The van der Waals surface area contributed by atoms with E-state index in [2.05, 4.69) is 20.9 Å². The Labute approximate surface area is 127 Å². The third kappa shape index (κ3) is 3.18. The Morgan fingerprint density at radius 1 is 1.55 bits per heavy atom. The summed E-state index contributed by atoms with van der Waals surface area (Å²) in [6.45, 7) is 1.81. The monoisotopic (exact) mass is 358 g/mol. The van der Waals surface area contributed by atoms with Gasteiger partial charge in [0.2, 0.25) is 5.91 Å². The summed E-state index contributed by atoms with van der Waals surface area (Å²) in [5.41, 5.74) is 0.0467. The van der Waals surface area contributed by atoms with Gasteiger partial charge in [-0.3, -0.25) is 14.5 Å². The zero-order valence-electron chi connectivity index (χ0n) is 10.5. The predicted octanol–water partition coefficient (Wildman–Crippen LogP) is 1.93. The van der Waals surface area contributed by atoms with Gasteiger partial charge in [0.1, 0.15) is 5.82 Å². The van der Waals surface area contributed by atoms with E-state index in [-0.39, 0.29) is 28.3 Å². The van der Waals surface area contributed by atoms with E-state index < -0.39 is 5.97 Å². The van der Waals surface area contributed by atoms with Crippen LogP contribution in [0.15, 0.2) is 16.7 Å². The minimum atomic E-state index is -1.10. The first-order chi connectivity index (χ1) is 9.38. The lowest BCUT2D eigenvalue weighted by atomic mass is 10.2. The van der Waals surface area contributed by atoms with Crippen LogP contribution in [0.2, 0.25) is 0 Å². The van der Waals surface area contributed by atoms with Crippen LogP contribution in [0.4, 0.5) is 5.82 Å². The second-order valence-electron chi connectivity index (χ2n) is 4.27. The molecule has 106 valence electrons. The minimum absolute atomic E-state index is 0.0420. The maximum absolute atomic E-state index is 11.9. The summed E-state index contributed by atoms with van der Waals surface area (Å²) in [6, 6.07) is 1.35. The molecule has 2 rings (SSSR count). The van der Waals surface area contributed by atoms with Crippen LogP contribution in [0, 0.1) is 0 Å². The molecule has 0 aromatic carbocycles. The van der Waals surface area contributed by atoms with Crippen molar-refractivity contribution in [2.24, 2.45) is 0 Å². The van der Waals surface area contributed by atoms with E-state index in [9.17, 15) is 14.4 Å². The molecular weight excluding hydrogens is 348 g/mol. The number of hydrogen-bond acceptors (Lipinski definition) is 5. The van der Waals surface area contributed by atoms with Crippen molar-refractivity contribution in [1.82, 2.24) is 4.98 Å². The number of carboxylic acids is 1. The van der Waals surface area contributed by atoms with E-state index in [4.69, 9.17) is 5.11 Å². The molecular formula is C12H11BrN2O4S. The van der Waals surface area contributed by atoms with E-state index >= 15 is 0 Å². The highest BCUT2D eigenvalue weighted by Crippen LogP contribution is 2.29. The molecule has 0 saturated carbocycles. The third-order valence-electron chi connectivity index (χ3n) is 2.77. The Balaban J connectivity index is 2.24. The maximum atomic E-state index is 11.9. The van der Waals surface area contributed by atoms with Gasteiger partial charge in [0, 0.05) is 31.3 Å². The van der Waals surface area contributed by atoms with Gasteiger partial charge < -0.3 is 5.11 Å². The van der Waals surface area contributed by atoms with Crippen LogP contribution in [0.3, 0.4) is 0 Å². The Morgan fingerprint density at radius 3 is 2.85 bits per heavy atom. The molecule has 8 heteroatoms. The van der Waals surface area contributed by atoms with Crippen molar-refractivity contribution in [3.05, 3.63) is 22.3 Å². The first kappa shape index (κ1) is 15.0. The fraction of sp³-hybridized carbons (Fsp3) is 0.333. The SMILES string of the molecule is CC(=O)SC1CC(=O)N(c2cc(C(=O)O)c(Br)cn2)C1. The molecule has 0 bridgehead atoms. The normalized spacial score (nSPS) is 18.4. The molecule has 1 atom stereocenters. The first-order valence-corrected chi connectivity index (χ1v) is 7.42. The summed E-state index contributed by atoms with van der Waals surface area (Å²) in [7, 11) is 0. The number of thioether (sulfide) groups is 1. The molecule has 0 aliphatic carbocycles. The number of nitrogens with zero attached hydrogens (tertiary/aromatic N) is 2. The topological polar surface area (TPSA) is 87.6 Å². The number of carbonyl (C=O) groups is 3. The van der Waals surface area contributed by atoms with Gasteiger partial charge in [-0.15, -0.1) is 0 Å². The van der Waals surface area contributed by atoms with Crippen LogP contribution in [0.25, 0.3) is 0 Å². The lowest BCUT2D eigenvalue weighted by Gasteiger charge is -2.16. The van der Waals surface area contributed by atoms with Crippen LogP contribution in [-0.4, -0.2) is 38.9 Å². The van der Waals surface area contributed by atoms with Gasteiger partial charge in [0.05, 0.1) is 10.0 Å². The highest BCUT2D eigenvalue weighted by Gasteiger charge is 2.33. The summed E-state index contributed by atoms with van der Waals surface area (Å²) in [4.78, 5) is 39.6. The van der Waals surface area contributed by atoms with Gasteiger partial charge in [0.25, 0.3) is 0 Å². The van der Waals surface area contributed by atoms with Crippen LogP contribution in [0.1, 0.15) is 23.7 Å². The second-order valence-corrected chi connectivity index (χ2v) is 6.60. The highest BCUT2D eigenvalue weighted by molar-refractivity contribution is 9.10. The number of halogens is 1. The van der Waals surface area contributed by atoms with Crippen molar-refractivity contribution >= 4 is 50.5 Å². The molecule has 1 unspecified atom stereocenters. The molecule has 1 amide bonds. The fourth-order valence-corrected chi connectivity index (χ4v) is 3.25. The molecule has 20 heavy (non-hydrogen) atoms. The number of carbonyl (C=O) groups excluding carboxylic acids is 2. The molecule has 1 aromatic rings. The maximum Gasteiger partial charge on any atom is 0.337 e. The largest absolute Gasteiger partial charge is 0.478 e. The van der Waals surface area contributed by atoms with Crippen molar-refractivity contribution in [1.29, 1.82) is 0 Å². The number of carboxylic acid groups (broad SMARTS) is 1. The summed E-state index contributed by atoms with van der Waals surface area (Å²) < 4.78 is 0.357. The zero-order valence-corrected chi connectivity index (χ0v) is 12.9. The Bertz CT molecular complexity index is 593. The quantitative estimate of drug-likeness (QED) is 0.887. The Morgan fingerprint density at radius 2 is 2.25 bits per heavy atom. The van der Waals surface area contributed by atoms with E-state index in [0.29, 0.717) is 16.8 Å². The molecule has 1 saturated heterocycles. The molecule has 0 spiro atoms. The van der Waals surface area contributed by atoms with Gasteiger partial charge in [-0.25, -0.2) is 9.78 Å². The number of aromatic nitrogens is 1. The van der Waals surface area contributed by atoms with Gasteiger partial charge in [-0.2, -0.15) is 0 Å². The standard InChI is InChI=1S/C12H11BrN2O4S/c1-6(16)20-7-2-11(17)15(5-7)10-3-8(12(18)19)9(13)4-14-10/h3-4,7H,2,5H2,1H3,(H,18,19). The van der Waals surface area contributed by atoms with Crippen molar-refractivity contribution in [3.63, 3.8) is 0 Å². The number of anilines is 1. The molecule has 6 nitrogen and oxygen atoms in total. The third-order valence-corrected chi connectivity index (χ3v) is 4.38. The van der Waals surface area contributed by atoms with Gasteiger partial charge >= 0.3 is 5.97 Å². The molecule has 0 radical (unpaired) electrons. The lowest BCUT2D eigenvalue weighted by Crippen LogP contribution is -2.26. The highest BCUT2D eigenvalue weighted by atomic mass is 79.9. The average molecular weight is 359 g/mol. The first-order valence-electron chi connectivity index (χ1n) is 5.75. The summed E-state index contributed by atoms with van der Waals surface area (Å²) >= 11 is 4.23. The van der Waals surface area contributed by atoms with Crippen LogP contribution in [-0.2, 0) is 9.59 Å². The van der Waals surface area contributed by atoms with Crippen molar-refractivity contribution in [3.8, 4) is 0 Å². The average Bonchev–Trinajstić information content (AvgIpc) is 2.69. The number of rotatable bonds is 3. The van der Waals surface area contributed by atoms with E-state index in [1.54, 1.807) is 0 Å². The zero-order chi connectivity index (χ0) is 14.9. The molecule has 1 N–H and O–H groups in total. The van der Waals surface area contributed by atoms with E-state index in [1.807, 2.05) is 0 Å². The van der Waals surface area contributed by atoms with E-state index in [1.165, 1.54) is 24.1 Å². The number of pyridine rings is 1. The van der Waals surface area contributed by atoms with Crippen molar-refractivity contribution in [2.45, 2.75) is 18.6 Å². The van der Waals surface area contributed by atoms with Gasteiger partial charge in [-0.05, 0) is 22.0 Å². The molecule has 1 aromatic heterocycles. The number of amides is 1. The van der Waals surface area contributed by atoms with Gasteiger partial charge in [-0.1, -0.05) is 11.8 Å². The summed E-state index contributed by atoms with van der Waals surface area (Å²) in [6.07, 6.45) is 1.61. The van der Waals surface area contributed by atoms with E-state index in [0.717, 1.165) is 11.8 Å².